The minimum Gasteiger partial charge on any atom is -0.373 e. The van der Waals surface area contributed by atoms with Gasteiger partial charge in [-0.25, -0.2) is 15.0 Å². The van der Waals surface area contributed by atoms with E-state index in [-0.39, 0.29) is 0 Å². The normalized spacial score (nSPS) is 10.5. The second-order valence-corrected chi connectivity index (χ2v) is 3.57. The third kappa shape index (κ3) is 2.25. The largest absolute Gasteiger partial charge is 0.373 e. The smallest absolute Gasteiger partial charge is 0.161 e. The van der Waals surface area contributed by atoms with Crippen LogP contribution < -0.4 is 5.32 Å². The average Bonchev–Trinajstić information content (AvgIpc) is 2.82. The Labute approximate surface area is 100 Å². The number of hydrogen-bond donors (Lipinski definition) is 1. The summed E-state index contributed by atoms with van der Waals surface area (Å²) in [6.07, 6.45) is 3.17. The molecule has 2 aromatic rings. The van der Waals surface area contributed by atoms with Gasteiger partial charge < -0.3 is 5.32 Å². The molecule has 0 aliphatic carbocycles. The molecule has 1 N–H and O–H groups in total. The Morgan fingerprint density at radius 3 is 2.71 bits per heavy atom. The molecule has 0 bridgehead atoms. The lowest BCUT2D eigenvalue weighted by atomic mass is 10.4. The monoisotopic (exact) mass is 232 g/mol. The van der Waals surface area contributed by atoms with Gasteiger partial charge in [0.1, 0.15) is 18.0 Å². The van der Waals surface area contributed by atoms with Gasteiger partial charge in [-0.05, 0) is 0 Å². The summed E-state index contributed by atoms with van der Waals surface area (Å²) < 4.78 is 1.78. The van der Waals surface area contributed by atoms with Gasteiger partial charge in [0, 0.05) is 26.0 Å². The van der Waals surface area contributed by atoms with Crippen molar-refractivity contribution in [3.8, 4) is 5.82 Å². The van der Waals surface area contributed by atoms with Gasteiger partial charge in [-0.3, -0.25) is 0 Å². The molecule has 0 radical (unpaired) electrons. The molecular weight excluding hydrogens is 216 g/mol. The predicted octanol–water partition coefficient (Wildman–Crippen LogP) is 1.22. The number of nitrogens with one attached hydrogen (secondary N) is 1. The van der Waals surface area contributed by atoms with Crippen LogP contribution in [0.3, 0.4) is 0 Å². The molecule has 0 fully saturated rings. The molecular formula is C11H16N6. The summed E-state index contributed by atoms with van der Waals surface area (Å²) in [6.45, 7) is 4.10. The molecule has 90 valence electrons. The second kappa shape index (κ2) is 4.90. The van der Waals surface area contributed by atoms with E-state index in [9.17, 15) is 0 Å². The molecule has 0 aliphatic heterocycles. The highest BCUT2D eigenvalue weighted by molar-refractivity contribution is 5.39. The molecule has 2 aromatic heterocycles. The number of aryl methyl sites for hydroxylation is 2. The Morgan fingerprint density at radius 2 is 2.06 bits per heavy atom. The minimum atomic E-state index is 0.744. The topological polar surface area (TPSA) is 68.5 Å². The van der Waals surface area contributed by atoms with Gasteiger partial charge in [0.05, 0.1) is 0 Å². The minimum absolute atomic E-state index is 0.744. The lowest BCUT2D eigenvalue weighted by molar-refractivity contribution is 0.766. The van der Waals surface area contributed by atoms with Crippen molar-refractivity contribution in [3.63, 3.8) is 0 Å². The SMILES string of the molecule is CCc1nc(CC)n(-c2cc(NC)ncn2)n1. The molecule has 0 aliphatic rings. The van der Waals surface area contributed by atoms with E-state index < -0.39 is 0 Å². The summed E-state index contributed by atoms with van der Waals surface area (Å²) in [4.78, 5) is 12.8. The van der Waals surface area contributed by atoms with Gasteiger partial charge in [0.25, 0.3) is 0 Å². The van der Waals surface area contributed by atoms with Crippen LogP contribution in [0.25, 0.3) is 5.82 Å². The van der Waals surface area contributed by atoms with Crippen molar-refractivity contribution >= 4 is 5.82 Å². The Kier molecular flexibility index (Phi) is 3.32. The van der Waals surface area contributed by atoms with Gasteiger partial charge in [0.2, 0.25) is 0 Å². The Morgan fingerprint density at radius 1 is 1.24 bits per heavy atom. The van der Waals surface area contributed by atoms with Crippen molar-refractivity contribution in [2.24, 2.45) is 0 Å². The van der Waals surface area contributed by atoms with E-state index in [4.69, 9.17) is 0 Å². The highest BCUT2D eigenvalue weighted by Gasteiger charge is 2.10. The Balaban J connectivity index is 2.47. The van der Waals surface area contributed by atoms with Gasteiger partial charge in [-0.15, -0.1) is 5.10 Å². The maximum Gasteiger partial charge on any atom is 0.161 e. The maximum atomic E-state index is 4.45. The lowest BCUT2D eigenvalue weighted by Gasteiger charge is -2.04. The molecule has 0 saturated carbocycles. The summed E-state index contributed by atoms with van der Waals surface area (Å²) in [5.41, 5.74) is 0. The van der Waals surface area contributed by atoms with E-state index in [1.807, 2.05) is 20.0 Å². The van der Waals surface area contributed by atoms with Gasteiger partial charge >= 0.3 is 0 Å². The van der Waals surface area contributed by atoms with Crippen LogP contribution in [-0.2, 0) is 12.8 Å². The van der Waals surface area contributed by atoms with Gasteiger partial charge in [-0.1, -0.05) is 13.8 Å². The van der Waals surface area contributed by atoms with E-state index in [1.54, 1.807) is 4.68 Å². The quantitative estimate of drug-likeness (QED) is 0.858. The van der Waals surface area contributed by atoms with Gasteiger partial charge in [-0.2, -0.15) is 4.68 Å². The van der Waals surface area contributed by atoms with E-state index >= 15 is 0 Å². The van der Waals surface area contributed by atoms with Crippen LogP contribution in [-0.4, -0.2) is 31.8 Å². The summed E-state index contributed by atoms with van der Waals surface area (Å²) >= 11 is 0. The first-order valence-electron chi connectivity index (χ1n) is 5.73. The van der Waals surface area contributed by atoms with Crippen LogP contribution in [0.2, 0.25) is 0 Å². The molecule has 0 saturated heterocycles. The Bertz CT molecular complexity index is 504. The predicted molar refractivity (Wildman–Crippen MR) is 65.3 cm³/mol. The molecule has 0 aromatic carbocycles. The zero-order valence-electron chi connectivity index (χ0n) is 10.3. The molecule has 6 heteroatoms. The van der Waals surface area contributed by atoms with Crippen molar-refractivity contribution in [1.82, 2.24) is 24.7 Å². The average molecular weight is 232 g/mol. The summed E-state index contributed by atoms with van der Waals surface area (Å²) in [7, 11) is 1.83. The highest BCUT2D eigenvalue weighted by Crippen LogP contribution is 2.11. The van der Waals surface area contributed by atoms with Crippen LogP contribution in [0.4, 0.5) is 5.82 Å². The lowest BCUT2D eigenvalue weighted by Crippen LogP contribution is -2.06. The first-order chi connectivity index (χ1) is 8.28. The fourth-order valence-electron chi connectivity index (χ4n) is 1.55. The highest BCUT2D eigenvalue weighted by atomic mass is 15.4. The first kappa shape index (κ1) is 11.5. The Hall–Kier alpha value is -1.98. The standard InChI is InChI=1S/C11H16N6/c1-4-8-15-10(5-2)17(16-8)11-6-9(12-3)13-7-14-11/h6-7H,4-5H2,1-3H3,(H,12,13,14). The number of hydrogen-bond acceptors (Lipinski definition) is 5. The molecule has 0 spiro atoms. The zero-order valence-corrected chi connectivity index (χ0v) is 10.3. The number of rotatable bonds is 4. The molecule has 2 heterocycles. The van der Waals surface area contributed by atoms with Crippen LogP contribution in [0.5, 0.6) is 0 Å². The molecule has 17 heavy (non-hydrogen) atoms. The molecule has 0 amide bonds. The molecule has 0 unspecified atom stereocenters. The van der Waals surface area contributed by atoms with E-state index in [0.717, 1.165) is 36.1 Å². The van der Waals surface area contributed by atoms with Crippen LogP contribution in [0.1, 0.15) is 25.5 Å². The van der Waals surface area contributed by atoms with Crippen molar-refractivity contribution in [3.05, 3.63) is 24.0 Å². The first-order valence-corrected chi connectivity index (χ1v) is 5.73. The molecule has 2 rings (SSSR count). The zero-order chi connectivity index (χ0) is 12.3. The van der Waals surface area contributed by atoms with Crippen LogP contribution in [0, 0.1) is 0 Å². The van der Waals surface area contributed by atoms with E-state index in [2.05, 4.69) is 32.3 Å². The van der Waals surface area contributed by atoms with Gasteiger partial charge in [0.15, 0.2) is 11.6 Å². The van der Waals surface area contributed by atoms with E-state index in [0.29, 0.717) is 0 Å². The summed E-state index contributed by atoms with van der Waals surface area (Å²) in [5.74, 6) is 3.27. The van der Waals surface area contributed by atoms with Crippen molar-refractivity contribution < 1.29 is 0 Å². The third-order valence-electron chi connectivity index (χ3n) is 2.48. The molecule has 0 atom stereocenters. The fourth-order valence-corrected chi connectivity index (χ4v) is 1.55. The summed E-state index contributed by atoms with van der Waals surface area (Å²) in [5, 5.41) is 7.42. The second-order valence-electron chi connectivity index (χ2n) is 3.57. The van der Waals surface area contributed by atoms with Crippen molar-refractivity contribution in [1.29, 1.82) is 0 Å². The van der Waals surface area contributed by atoms with Crippen molar-refractivity contribution in [2.75, 3.05) is 12.4 Å². The van der Waals surface area contributed by atoms with Crippen molar-refractivity contribution in [2.45, 2.75) is 26.7 Å². The van der Waals surface area contributed by atoms with Crippen LogP contribution >= 0.6 is 0 Å². The number of anilines is 1. The van der Waals surface area contributed by atoms with Crippen LogP contribution in [0.15, 0.2) is 12.4 Å². The third-order valence-corrected chi connectivity index (χ3v) is 2.48. The fraction of sp³-hybridized carbons (Fsp3) is 0.455. The molecule has 6 nitrogen and oxygen atoms in total. The number of aromatic nitrogens is 5. The maximum absolute atomic E-state index is 4.45. The number of nitrogens with zero attached hydrogens (tertiary/aromatic N) is 5. The van der Waals surface area contributed by atoms with E-state index in [1.165, 1.54) is 6.33 Å². The summed E-state index contributed by atoms with van der Waals surface area (Å²) in [6, 6.07) is 1.85.